The maximum absolute atomic E-state index is 12.8. The second kappa shape index (κ2) is 7.81. The van der Waals surface area contributed by atoms with Gasteiger partial charge < -0.3 is 14.4 Å². The van der Waals surface area contributed by atoms with Crippen molar-refractivity contribution in [3.63, 3.8) is 0 Å². The zero-order valence-corrected chi connectivity index (χ0v) is 15.8. The van der Waals surface area contributed by atoms with Crippen molar-refractivity contribution in [3.8, 4) is 11.5 Å². The number of ether oxygens (including phenoxy) is 2. The van der Waals surface area contributed by atoms with Crippen molar-refractivity contribution in [1.82, 2.24) is 4.90 Å². The van der Waals surface area contributed by atoms with Gasteiger partial charge in [0.1, 0.15) is 17.1 Å². The number of hydrogen-bond acceptors (Lipinski definition) is 4. The Morgan fingerprint density at radius 3 is 2.59 bits per heavy atom. The molecule has 1 saturated heterocycles. The maximum Gasteiger partial charge on any atom is 0.387 e. The third-order valence-electron chi connectivity index (χ3n) is 5.51. The van der Waals surface area contributed by atoms with E-state index in [1.54, 1.807) is 11.0 Å². The molecule has 0 radical (unpaired) electrons. The molecule has 29 heavy (non-hydrogen) atoms. The van der Waals surface area contributed by atoms with Crippen LogP contribution in [0.4, 0.5) is 8.78 Å². The maximum atomic E-state index is 12.8. The fourth-order valence-electron chi connectivity index (χ4n) is 4.05. The number of amides is 1. The summed E-state index contributed by atoms with van der Waals surface area (Å²) in [5, 5.41) is 0. The number of ketones is 1. The first kappa shape index (κ1) is 19.4. The van der Waals surface area contributed by atoms with Crippen molar-refractivity contribution >= 4 is 11.7 Å². The van der Waals surface area contributed by atoms with Gasteiger partial charge in [0.15, 0.2) is 5.78 Å². The van der Waals surface area contributed by atoms with E-state index in [0.29, 0.717) is 55.6 Å². The number of nitrogens with zero attached hydrogens (tertiary/aromatic N) is 1. The summed E-state index contributed by atoms with van der Waals surface area (Å²) in [6, 6.07) is 12.9. The fraction of sp³-hybridized carbons (Fsp3) is 0.364. The lowest BCUT2D eigenvalue weighted by Crippen LogP contribution is -2.43. The van der Waals surface area contributed by atoms with Crippen LogP contribution in [0.2, 0.25) is 0 Å². The van der Waals surface area contributed by atoms with Gasteiger partial charge in [-0.2, -0.15) is 8.78 Å². The molecule has 1 spiro atoms. The number of hydrogen-bond donors (Lipinski definition) is 0. The molecule has 2 aromatic rings. The monoisotopic (exact) mass is 401 g/mol. The van der Waals surface area contributed by atoms with E-state index in [1.165, 1.54) is 24.3 Å². The lowest BCUT2D eigenvalue weighted by Gasteiger charge is -2.37. The summed E-state index contributed by atoms with van der Waals surface area (Å²) in [4.78, 5) is 27.2. The number of halogens is 2. The van der Waals surface area contributed by atoms with Crippen LogP contribution in [-0.2, 0) is 0 Å². The lowest BCUT2D eigenvalue weighted by molar-refractivity contribution is -0.0498. The molecule has 0 aromatic heterocycles. The molecule has 2 aliphatic heterocycles. The summed E-state index contributed by atoms with van der Waals surface area (Å²) in [6.07, 6.45) is 2.28. The second-order valence-electron chi connectivity index (χ2n) is 7.43. The van der Waals surface area contributed by atoms with Crippen LogP contribution in [0.5, 0.6) is 11.5 Å². The van der Waals surface area contributed by atoms with E-state index in [0.717, 1.165) is 0 Å². The van der Waals surface area contributed by atoms with Gasteiger partial charge in [-0.1, -0.05) is 12.1 Å². The molecule has 1 atom stereocenters. The number of carbonyl (C=O) groups excluding carboxylic acids is 2. The highest BCUT2D eigenvalue weighted by Crippen LogP contribution is 2.39. The number of benzene rings is 2. The lowest BCUT2D eigenvalue weighted by atomic mass is 9.84. The minimum absolute atomic E-state index is 0.0131. The minimum Gasteiger partial charge on any atom is -0.486 e. The Labute approximate surface area is 167 Å². The molecule has 0 N–H and O–H groups in total. The molecular weight excluding hydrogens is 380 g/mol. The van der Waals surface area contributed by atoms with Gasteiger partial charge in [0.05, 0.1) is 12.0 Å². The van der Waals surface area contributed by atoms with Crippen LogP contribution >= 0.6 is 0 Å². The summed E-state index contributed by atoms with van der Waals surface area (Å²) in [6.45, 7) is -1.89. The molecule has 0 aliphatic carbocycles. The van der Waals surface area contributed by atoms with Gasteiger partial charge in [0.25, 0.3) is 5.91 Å². The van der Waals surface area contributed by atoms with Crippen LogP contribution in [0.3, 0.4) is 0 Å². The van der Waals surface area contributed by atoms with Crippen molar-refractivity contribution < 1.29 is 27.8 Å². The van der Waals surface area contributed by atoms with Crippen molar-refractivity contribution in [2.24, 2.45) is 0 Å². The van der Waals surface area contributed by atoms with E-state index in [1.807, 2.05) is 18.2 Å². The first-order valence-electron chi connectivity index (χ1n) is 9.61. The summed E-state index contributed by atoms with van der Waals surface area (Å²) in [5.41, 5.74) is 0.435. The highest BCUT2D eigenvalue weighted by Gasteiger charge is 2.42. The molecule has 1 fully saturated rings. The Hall–Kier alpha value is -2.96. The van der Waals surface area contributed by atoms with Crippen LogP contribution < -0.4 is 9.47 Å². The predicted octanol–water partition coefficient (Wildman–Crippen LogP) is 4.32. The van der Waals surface area contributed by atoms with E-state index in [9.17, 15) is 18.4 Å². The molecule has 0 saturated carbocycles. The van der Waals surface area contributed by atoms with E-state index in [4.69, 9.17) is 4.74 Å². The number of alkyl halides is 2. The number of Topliss-reactive ketones (excluding diaryl/α,β-unsaturated/α-hetero) is 1. The van der Waals surface area contributed by atoms with Crippen LogP contribution in [0.15, 0.2) is 48.5 Å². The van der Waals surface area contributed by atoms with E-state index < -0.39 is 12.2 Å². The molecule has 5 nitrogen and oxygen atoms in total. The molecule has 0 bridgehead atoms. The van der Waals surface area contributed by atoms with Crippen molar-refractivity contribution in [2.45, 2.75) is 37.9 Å². The molecule has 1 unspecified atom stereocenters. The van der Waals surface area contributed by atoms with E-state index >= 15 is 0 Å². The van der Waals surface area contributed by atoms with Crippen LogP contribution in [0.25, 0.3) is 0 Å². The highest BCUT2D eigenvalue weighted by molar-refractivity contribution is 6.00. The Morgan fingerprint density at radius 1 is 1.07 bits per heavy atom. The average Bonchev–Trinajstić information content (AvgIpc) is 2.90. The summed E-state index contributed by atoms with van der Waals surface area (Å²) in [7, 11) is 0. The molecular formula is C22H21F2NO4. The summed E-state index contributed by atoms with van der Waals surface area (Å²) >= 11 is 0. The second-order valence-corrected chi connectivity index (χ2v) is 7.43. The summed E-state index contributed by atoms with van der Waals surface area (Å²) in [5.74, 6) is 0.520. The van der Waals surface area contributed by atoms with Gasteiger partial charge in [0.2, 0.25) is 0 Å². The third-order valence-corrected chi connectivity index (χ3v) is 5.51. The number of rotatable bonds is 3. The average molecular weight is 401 g/mol. The topological polar surface area (TPSA) is 55.8 Å². The predicted molar refractivity (Wildman–Crippen MR) is 102 cm³/mol. The number of para-hydroxylation sites is 1. The zero-order chi connectivity index (χ0) is 20.4. The molecule has 2 heterocycles. The third kappa shape index (κ3) is 4.09. The van der Waals surface area contributed by atoms with Crippen molar-refractivity contribution in [1.29, 1.82) is 0 Å². The van der Waals surface area contributed by atoms with Gasteiger partial charge in [-0.25, -0.2) is 0 Å². The van der Waals surface area contributed by atoms with Crippen molar-refractivity contribution in [3.05, 3.63) is 59.7 Å². The SMILES string of the molecule is O=C1CC2(CCCN(C(=O)c3ccc(OC(F)F)cc3)CC2)Oc2ccccc21. The minimum atomic E-state index is -2.90. The molecule has 2 aromatic carbocycles. The van der Waals surface area contributed by atoms with Gasteiger partial charge in [0, 0.05) is 25.1 Å². The van der Waals surface area contributed by atoms with Gasteiger partial charge >= 0.3 is 6.61 Å². The van der Waals surface area contributed by atoms with E-state index in [2.05, 4.69) is 4.74 Å². The normalized spacial score (nSPS) is 21.5. The number of carbonyl (C=O) groups is 2. The standard InChI is InChI=1S/C22H21F2NO4/c23-21(24)28-16-8-6-15(7-9-16)20(27)25-12-3-10-22(11-13-25)14-18(26)17-4-1-2-5-19(17)29-22/h1-2,4-9,21H,3,10-14H2. The molecule has 152 valence electrons. The molecule has 4 rings (SSSR count). The first-order chi connectivity index (χ1) is 14.0. The first-order valence-corrected chi connectivity index (χ1v) is 9.61. The highest BCUT2D eigenvalue weighted by atomic mass is 19.3. The largest absolute Gasteiger partial charge is 0.486 e. The van der Waals surface area contributed by atoms with Gasteiger partial charge in [-0.05, 0) is 49.2 Å². The fourth-order valence-corrected chi connectivity index (χ4v) is 4.05. The van der Waals surface area contributed by atoms with Crippen LogP contribution in [0, 0.1) is 0 Å². The number of fused-ring (bicyclic) bond motifs is 1. The van der Waals surface area contributed by atoms with Gasteiger partial charge in [-0.15, -0.1) is 0 Å². The molecule has 2 aliphatic rings. The van der Waals surface area contributed by atoms with Crippen LogP contribution in [0.1, 0.15) is 46.4 Å². The van der Waals surface area contributed by atoms with Crippen molar-refractivity contribution in [2.75, 3.05) is 13.1 Å². The quantitative estimate of drug-likeness (QED) is 0.769. The summed E-state index contributed by atoms with van der Waals surface area (Å²) < 4.78 is 35.1. The number of likely N-dealkylation sites (tertiary alicyclic amines) is 1. The Bertz CT molecular complexity index is 915. The Balaban J connectivity index is 1.45. The van der Waals surface area contributed by atoms with E-state index in [-0.39, 0.29) is 17.4 Å². The van der Waals surface area contributed by atoms with Gasteiger partial charge in [-0.3, -0.25) is 9.59 Å². The molecule has 1 amide bonds. The van der Waals surface area contributed by atoms with Crippen LogP contribution in [-0.4, -0.2) is 41.9 Å². The zero-order valence-electron chi connectivity index (χ0n) is 15.8. The Kier molecular flexibility index (Phi) is 5.22. The smallest absolute Gasteiger partial charge is 0.387 e. The Morgan fingerprint density at radius 2 is 1.83 bits per heavy atom. The molecule has 7 heteroatoms.